The van der Waals surface area contributed by atoms with Crippen LogP contribution in [0.4, 0.5) is 0 Å². The first kappa shape index (κ1) is 12.8. The molecule has 4 nitrogen and oxygen atoms in total. The highest BCUT2D eigenvalue weighted by Crippen LogP contribution is 2.22. The molecule has 0 bridgehead atoms. The maximum absolute atomic E-state index is 11.6. The van der Waals surface area contributed by atoms with Gasteiger partial charge >= 0.3 is 0 Å². The summed E-state index contributed by atoms with van der Waals surface area (Å²) in [6.45, 7) is 1.50. The molecule has 0 spiro atoms. The van der Waals surface area contributed by atoms with Gasteiger partial charge in [-0.25, -0.2) is 0 Å². The first-order valence-corrected chi connectivity index (χ1v) is 5.22. The fourth-order valence-electron chi connectivity index (χ4n) is 0.988. The Kier molecular flexibility index (Phi) is 4.15. The van der Waals surface area contributed by atoms with E-state index in [9.17, 15) is 9.59 Å². The molecule has 1 atom stereocenters. The Morgan fingerprint density at radius 3 is 2.44 bits per heavy atom. The van der Waals surface area contributed by atoms with Crippen molar-refractivity contribution < 1.29 is 9.59 Å². The van der Waals surface area contributed by atoms with Crippen molar-refractivity contribution in [3.05, 3.63) is 33.8 Å². The number of nitrogens with two attached hydrogens (primary N) is 1. The zero-order valence-corrected chi connectivity index (χ0v) is 9.97. The summed E-state index contributed by atoms with van der Waals surface area (Å²) in [5, 5.41) is 3.07. The molecule has 0 aliphatic carbocycles. The predicted octanol–water partition coefficient (Wildman–Crippen LogP) is 1.60. The highest BCUT2D eigenvalue weighted by atomic mass is 35.5. The van der Waals surface area contributed by atoms with Gasteiger partial charge in [-0.2, -0.15) is 0 Å². The smallest absolute Gasteiger partial charge is 0.251 e. The number of rotatable bonds is 3. The highest BCUT2D eigenvalue weighted by molar-refractivity contribution is 6.42. The Labute approximate surface area is 103 Å². The van der Waals surface area contributed by atoms with Crippen molar-refractivity contribution in [3.63, 3.8) is 0 Å². The van der Waals surface area contributed by atoms with Gasteiger partial charge in [-0.1, -0.05) is 23.2 Å². The third-order valence-corrected chi connectivity index (χ3v) is 2.70. The second-order valence-corrected chi connectivity index (χ2v) is 4.04. The molecule has 3 N–H and O–H groups in total. The molecular formula is C10H10Cl2N2O2. The molecule has 1 rings (SSSR count). The number of nitrogens with one attached hydrogen (secondary N) is 1. The lowest BCUT2D eigenvalue weighted by Crippen LogP contribution is -2.42. The van der Waals surface area contributed by atoms with Crippen molar-refractivity contribution in [1.29, 1.82) is 0 Å². The Morgan fingerprint density at radius 1 is 1.31 bits per heavy atom. The molecule has 2 amide bonds. The van der Waals surface area contributed by atoms with Gasteiger partial charge in [0.15, 0.2) is 0 Å². The van der Waals surface area contributed by atoms with E-state index < -0.39 is 17.9 Å². The van der Waals surface area contributed by atoms with Crippen molar-refractivity contribution in [1.82, 2.24) is 5.32 Å². The van der Waals surface area contributed by atoms with Crippen LogP contribution in [0.25, 0.3) is 0 Å². The summed E-state index contributed by atoms with van der Waals surface area (Å²) in [6, 6.07) is 3.71. The predicted molar refractivity (Wildman–Crippen MR) is 62.6 cm³/mol. The van der Waals surface area contributed by atoms with E-state index >= 15 is 0 Å². The van der Waals surface area contributed by atoms with Gasteiger partial charge in [0.2, 0.25) is 5.91 Å². The van der Waals surface area contributed by atoms with Crippen molar-refractivity contribution in [2.24, 2.45) is 5.73 Å². The fraction of sp³-hybridized carbons (Fsp3) is 0.200. The summed E-state index contributed by atoms with van der Waals surface area (Å²) in [5.74, 6) is -1.03. The number of carbonyl (C=O) groups is 2. The Bertz CT molecular complexity index is 435. The topological polar surface area (TPSA) is 72.2 Å². The van der Waals surface area contributed by atoms with Gasteiger partial charge in [0.05, 0.1) is 10.0 Å². The SMILES string of the molecule is CC(NC(=O)c1ccc(Cl)c(Cl)c1)C(N)=O. The molecule has 16 heavy (non-hydrogen) atoms. The van der Waals surface area contributed by atoms with E-state index in [4.69, 9.17) is 28.9 Å². The van der Waals surface area contributed by atoms with Gasteiger partial charge in [-0.15, -0.1) is 0 Å². The largest absolute Gasteiger partial charge is 0.368 e. The molecule has 1 aromatic carbocycles. The van der Waals surface area contributed by atoms with E-state index in [0.29, 0.717) is 10.6 Å². The number of benzene rings is 1. The lowest BCUT2D eigenvalue weighted by Gasteiger charge is -2.10. The maximum atomic E-state index is 11.6. The summed E-state index contributed by atoms with van der Waals surface area (Å²) < 4.78 is 0. The van der Waals surface area contributed by atoms with Gasteiger partial charge in [0.25, 0.3) is 5.91 Å². The van der Waals surface area contributed by atoms with Gasteiger partial charge in [-0.3, -0.25) is 9.59 Å². The molecule has 0 radical (unpaired) electrons. The summed E-state index contributed by atoms with van der Waals surface area (Å²) >= 11 is 11.5. The lowest BCUT2D eigenvalue weighted by atomic mass is 10.2. The van der Waals surface area contributed by atoms with Crippen LogP contribution < -0.4 is 11.1 Å². The lowest BCUT2D eigenvalue weighted by molar-refractivity contribution is -0.119. The second kappa shape index (κ2) is 5.18. The van der Waals surface area contributed by atoms with E-state index in [0.717, 1.165) is 0 Å². The van der Waals surface area contributed by atoms with Gasteiger partial charge in [0.1, 0.15) is 6.04 Å². The fourth-order valence-corrected chi connectivity index (χ4v) is 1.29. The molecule has 1 unspecified atom stereocenters. The minimum Gasteiger partial charge on any atom is -0.368 e. The Balaban J connectivity index is 2.81. The zero-order valence-electron chi connectivity index (χ0n) is 8.46. The van der Waals surface area contributed by atoms with Crippen LogP contribution >= 0.6 is 23.2 Å². The average molecular weight is 261 g/mol. The minimum absolute atomic E-state index is 0.279. The van der Waals surface area contributed by atoms with Crippen molar-refractivity contribution >= 4 is 35.0 Å². The normalized spacial score (nSPS) is 11.9. The molecule has 0 fully saturated rings. The van der Waals surface area contributed by atoms with E-state index in [1.807, 2.05) is 0 Å². The molecule has 86 valence electrons. The minimum atomic E-state index is -0.734. The zero-order chi connectivity index (χ0) is 12.3. The van der Waals surface area contributed by atoms with E-state index in [2.05, 4.69) is 5.32 Å². The third kappa shape index (κ3) is 3.12. The standard InChI is InChI=1S/C10H10Cl2N2O2/c1-5(9(13)15)14-10(16)6-2-3-7(11)8(12)4-6/h2-5H,1H3,(H2,13,15)(H,14,16). The van der Waals surface area contributed by atoms with Crippen LogP contribution in [-0.4, -0.2) is 17.9 Å². The first-order valence-electron chi connectivity index (χ1n) is 4.47. The number of hydrogen-bond donors (Lipinski definition) is 2. The first-order chi connectivity index (χ1) is 7.41. The number of carbonyl (C=O) groups excluding carboxylic acids is 2. The number of halogens is 2. The van der Waals surface area contributed by atoms with Crippen LogP contribution in [0.3, 0.4) is 0 Å². The van der Waals surface area contributed by atoms with Gasteiger partial charge in [0, 0.05) is 5.56 Å². The van der Waals surface area contributed by atoms with Crippen LogP contribution in [0.15, 0.2) is 18.2 Å². The summed E-state index contributed by atoms with van der Waals surface area (Å²) in [7, 11) is 0. The monoisotopic (exact) mass is 260 g/mol. The molecule has 1 aromatic rings. The molecule has 0 aromatic heterocycles. The molecule has 0 saturated heterocycles. The van der Waals surface area contributed by atoms with Crippen LogP contribution in [0.1, 0.15) is 17.3 Å². The summed E-state index contributed by atoms with van der Waals surface area (Å²) in [6.07, 6.45) is 0. The number of amides is 2. The van der Waals surface area contributed by atoms with E-state index in [-0.39, 0.29) is 5.02 Å². The highest BCUT2D eigenvalue weighted by Gasteiger charge is 2.14. The average Bonchev–Trinajstić information content (AvgIpc) is 2.21. The number of primary amides is 1. The molecule has 0 aliphatic heterocycles. The van der Waals surface area contributed by atoms with Crippen molar-refractivity contribution in [2.75, 3.05) is 0 Å². The Hall–Kier alpha value is -1.26. The summed E-state index contributed by atoms with van der Waals surface area (Å²) in [4.78, 5) is 22.3. The number of hydrogen-bond acceptors (Lipinski definition) is 2. The van der Waals surface area contributed by atoms with Crippen LogP contribution in [0, 0.1) is 0 Å². The Morgan fingerprint density at radius 2 is 1.94 bits per heavy atom. The van der Waals surface area contributed by atoms with Crippen LogP contribution in [-0.2, 0) is 4.79 Å². The third-order valence-electron chi connectivity index (χ3n) is 1.96. The van der Waals surface area contributed by atoms with E-state index in [1.54, 1.807) is 0 Å². The van der Waals surface area contributed by atoms with Gasteiger partial charge in [-0.05, 0) is 25.1 Å². The van der Waals surface area contributed by atoms with Gasteiger partial charge < -0.3 is 11.1 Å². The molecule has 0 aliphatic rings. The van der Waals surface area contributed by atoms with E-state index in [1.165, 1.54) is 25.1 Å². The maximum Gasteiger partial charge on any atom is 0.251 e. The molecule has 6 heteroatoms. The van der Waals surface area contributed by atoms with Crippen LogP contribution in [0.2, 0.25) is 10.0 Å². The molecule has 0 heterocycles. The second-order valence-electron chi connectivity index (χ2n) is 3.23. The van der Waals surface area contributed by atoms with Crippen molar-refractivity contribution in [3.8, 4) is 0 Å². The molecular weight excluding hydrogens is 251 g/mol. The molecule has 0 saturated carbocycles. The van der Waals surface area contributed by atoms with Crippen molar-refractivity contribution in [2.45, 2.75) is 13.0 Å². The quantitative estimate of drug-likeness (QED) is 0.867. The van der Waals surface area contributed by atoms with Crippen LogP contribution in [0.5, 0.6) is 0 Å². The summed E-state index contributed by atoms with van der Waals surface area (Å²) in [5.41, 5.74) is 5.34.